The predicted octanol–water partition coefficient (Wildman–Crippen LogP) is 0.694. The Morgan fingerprint density at radius 1 is 1.50 bits per heavy atom. The van der Waals surface area contributed by atoms with Gasteiger partial charge in [0.1, 0.15) is 0 Å². The van der Waals surface area contributed by atoms with Crippen LogP contribution < -0.4 is 5.73 Å². The van der Waals surface area contributed by atoms with E-state index in [1.165, 1.54) is 19.4 Å². The number of hydrogen-bond acceptors (Lipinski definition) is 3. The van der Waals surface area contributed by atoms with Crippen molar-refractivity contribution in [2.45, 2.75) is 19.3 Å². The van der Waals surface area contributed by atoms with Crippen LogP contribution in [0.2, 0.25) is 0 Å². The number of nitrogens with zero attached hydrogens (tertiary/aromatic N) is 1. The highest BCUT2D eigenvalue weighted by molar-refractivity contribution is 4.88. The minimum atomic E-state index is 0.254. The maximum absolute atomic E-state index is 5.86. The molecule has 2 rings (SSSR count). The van der Waals surface area contributed by atoms with Crippen LogP contribution in [-0.2, 0) is 4.74 Å². The first-order valence-electron chi connectivity index (χ1n) is 5.70. The zero-order valence-corrected chi connectivity index (χ0v) is 9.17. The van der Waals surface area contributed by atoms with Crippen molar-refractivity contribution in [2.75, 3.05) is 39.9 Å². The Bertz CT molecular complexity index is 186. The monoisotopic (exact) mass is 198 g/mol. The average molecular weight is 198 g/mol. The summed E-state index contributed by atoms with van der Waals surface area (Å²) in [5.74, 6) is 0.970. The molecule has 14 heavy (non-hydrogen) atoms. The summed E-state index contributed by atoms with van der Waals surface area (Å²) in [6, 6.07) is 0. The van der Waals surface area contributed by atoms with Crippen LogP contribution >= 0.6 is 0 Å². The first-order valence-corrected chi connectivity index (χ1v) is 5.70. The zero-order valence-electron chi connectivity index (χ0n) is 9.17. The van der Waals surface area contributed by atoms with Crippen molar-refractivity contribution in [3.05, 3.63) is 0 Å². The summed E-state index contributed by atoms with van der Waals surface area (Å²) in [6.07, 6.45) is 3.99. The zero-order chi connectivity index (χ0) is 10.0. The SMILES string of the molecule is CN(CC1CC1)CC1(CN)CCOC1. The number of rotatable bonds is 5. The maximum Gasteiger partial charge on any atom is 0.0547 e. The van der Waals surface area contributed by atoms with Crippen LogP contribution in [0.1, 0.15) is 19.3 Å². The molecule has 0 bridgehead atoms. The molecule has 3 nitrogen and oxygen atoms in total. The van der Waals surface area contributed by atoms with E-state index in [0.717, 1.165) is 38.6 Å². The molecule has 3 heteroatoms. The lowest BCUT2D eigenvalue weighted by molar-refractivity contribution is 0.124. The van der Waals surface area contributed by atoms with Gasteiger partial charge in [-0.05, 0) is 32.2 Å². The summed E-state index contributed by atoms with van der Waals surface area (Å²) in [5, 5.41) is 0. The molecule has 0 spiro atoms. The van der Waals surface area contributed by atoms with Gasteiger partial charge in [-0.25, -0.2) is 0 Å². The van der Waals surface area contributed by atoms with Gasteiger partial charge < -0.3 is 15.4 Å². The van der Waals surface area contributed by atoms with Crippen LogP contribution in [-0.4, -0.2) is 44.8 Å². The lowest BCUT2D eigenvalue weighted by Crippen LogP contribution is -2.42. The quantitative estimate of drug-likeness (QED) is 0.706. The summed E-state index contributed by atoms with van der Waals surface area (Å²) in [4.78, 5) is 2.44. The lowest BCUT2D eigenvalue weighted by atomic mass is 9.87. The lowest BCUT2D eigenvalue weighted by Gasteiger charge is -2.31. The van der Waals surface area contributed by atoms with Crippen molar-refractivity contribution in [2.24, 2.45) is 17.1 Å². The molecule has 1 aliphatic carbocycles. The third-order valence-electron chi connectivity index (χ3n) is 3.49. The van der Waals surface area contributed by atoms with E-state index < -0.39 is 0 Å². The van der Waals surface area contributed by atoms with Crippen LogP contribution in [0.5, 0.6) is 0 Å². The highest BCUT2D eigenvalue weighted by atomic mass is 16.5. The summed E-state index contributed by atoms with van der Waals surface area (Å²) < 4.78 is 5.47. The molecular formula is C11H22N2O. The highest BCUT2D eigenvalue weighted by Gasteiger charge is 2.35. The Hall–Kier alpha value is -0.120. The van der Waals surface area contributed by atoms with Crippen LogP contribution in [0.3, 0.4) is 0 Å². The van der Waals surface area contributed by atoms with Gasteiger partial charge in [0.25, 0.3) is 0 Å². The largest absolute Gasteiger partial charge is 0.381 e. The van der Waals surface area contributed by atoms with Crippen molar-refractivity contribution in [1.82, 2.24) is 4.90 Å². The third-order valence-corrected chi connectivity index (χ3v) is 3.49. The minimum Gasteiger partial charge on any atom is -0.381 e. The second kappa shape index (κ2) is 4.17. The van der Waals surface area contributed by atoms with E-state index in [2.05, 4.69) is 11.9 Å². The van der Waals surface area contributed by atoms with Crippen molar-refractivity contribution in [3.63, 3.8) is 0 Å². The standard InChI is InChI=1S/C11H22N2O/c1-13(6-10-2-3-10)8-11(7-12)4-5-14-9-11/h10H,2-9,12H2,1H3. The van der Waals surface area contributed by atoms with Gasteiger partial charge in [-0.1, -0.05) is 0 Å². The van der Waals surface area contributed by atoms with Crippen molar-refractivity contribution < 1.29 is 4.74 Å². The fraction of sp³-hybridized carbons (Fsp3) is 1.00. The van der Waals surface area contributed by atoms with Crippen molar-refractivity contribution in [3.8, 4) is 0 Å². The number of nitrogens with two attached hydrogens (primary N) is 1. The fourth-order valence-electron chi connectivity index (χ4n) is 2.38. The van der Waals surface area contributed by atoms with Gasteiger partial charge in [0, 0.05) is 31.7 Å². The summed E-state index contributed by atoms with van der Waals surface area (Å²) >= 11 is 0. The molecule has 0 aromatic carbocycles. The molecule has 0 amide bonds. The van der Waals surface area contributed by atoms with E-state index in [1.54, 1.807) is 0 Å². The van der Waals surface area contributed by atoms with Crippen LogP contribution in [0.25, 0.3) is 0 Å². The molecule has 2 aliphatic rings. The Balaban J connectivity index is 1.79. The van der Waals surface area contributed by atoms with Gasteiger partial charge in [-0.15, -0.1) is 0 Å². The van der Waals surface area contributed by atoms with Gasteiger partial charge in [0.2, 0.25) is 0 Å². The van der Waals surface area contributed by atoms with E-state index in [4.69, 9.17) is 10.5 Å². The van der Waals surface area contributed by atoms with E-state index in [0.29, 0.717) is 0 Å². The van der Waals surface area contributed by atoms with Gasteiger partial charge in [-0.3, -0.25) is 0 Å². The molecule has 0 aromatic rings. The Morgan fingerprint density at radius 2 is 2.29 bits per heavy atom. The first-order chi connectivity index (χ1) is 6.74. The average Bonchev–Trinajstić information content (AvgIpc) is 2.83. The second-order valence-electron chi connectivity index (χ2n) is 5.15. The Labute approximate surface area is 86.6 Å². The molecule has 0 aromatic heterocycles. The van der Waals surface area contributed by atoms with E-state index >= 15 is 0 Å². The second-order valence-corrected chi connectivity index (χ2v) is 5.15. The normalized spacial score (nSPS) is 32.8. The van der Waals surface area contributed by atoms with E-state index in [1.807, 2.05) is 0 Å². The fourth-order valence-corrected chi connectivity index (χ4v) is 2.38. The molecule has 2 N–H and O–H groups in total. The van der Waals surface area contributed by atoms with Crippen molar-refractivity contribution >= 4 is 0 Å². The molecule has 1 unspecified atom stereocenters. The molecule has 1 atom stereocenters. The smallest absolute Gasteiger partial charge is 0.0547 e. The van der Waals surface area contributed by atoms with Gasteiger partial charge in [-0.2, -0.15) is 0 Å². The van der Waals surface area contributed by atoms with Gasteiger partial charge in [0.15, 0.2) is 0 Å². The summed E-state index contributed by atoms with van der Waals surface area (Å²) in [6.45, 7) is 4.89. The minimum absolute atomic E-state index is 0.254. The van der Waals surface area contributed by atoms with Crippen LogP contribution in [0.15, 0.2) is 0 Å². The molecule has 1 saturated carbocycles. The molecule has 82 valence electrons. The van der Waals surface area contributed by atoms with Crippen LogP contribution in [0, 0.1) is 11.3 Å². The molecule has 1 heterocycles. The summed E-state index contributed by atoms with van der Waals surface area (Å²) in [5.41, 5.74) is 6.11. The maximum atomic E-state index is 5.86. The number of hydrogen-bond donors (Lipinski definition) is 1. The molecule has 1 aliphatic heterocycles. The topological polar surface area (TPSA) is 38.5 Å². The Kier molecular flexibility index (Phi) is 3.10. The van der Waals surface area contributed by atoms with E-state index in [9.17, 15) is 0 Å². The van der Waals surface area contributed by atoms with Crippen molar-refractivity contribution in [1.29, 1.82) is 0 Å². The molecule has 0 radical (unpaired) electrons. The van der Waals surface area contributed by atoms with Gasteiger partial charge in [0.05, 0.1) is 6.61 Å². The number of ether oxygens (including phenoxy) is 1. The van der Waals surface area contributed by atoms with E-state index in [-0.39, 0.29) is 5.41 Å². The summed E-state index contributed by atoms with van der Waals surface area (Å²) in [7, 11) is 2.22. The molecular weight excluding hydrogens is 176 g/mol. The van der Waals surface area contributed by atoms with Crippen LogP contribution in [0.4, 0.5) is 0 Å². The first kappa shape index (κ1) is 10.4. The Morgan fingerprint density at radius 3 is 2.79 bits per heavy atom. The highest BCUT2D eigenvalue weighted by Crippen LogP contribution is 2.32. The molecule has 2 fully saturated rings. The van der Waals surface area contributed by atoms with Gasteiger partial charge >= 0.3 is 0 Å². The third kappa shape index (κ3) is 2.47. The predicted molar refractivity (Wildman–Crippen MR) is 57.1 cm³/mol. The molecule has 1 saturated heterocycles.